The lowest BCUT2D eigenvalue weighted by Crippen LogP contribution is -2.24. The Morgan fingerprint density at radius 2 is 1.54 bits per heavy atom. The SMILES string of the molecule is CN(CCOC(=O)CCC(=O)c1ccccc1)Cc1ccccc1. The molecule has 0 bridgehead atoms. The number of ketones is 1. The third-order valence-electron chi connectivity index (χ3n) is 3.68. The van der Waals surface area contributed by atoms with Crippen molar-refractivity contribution in [2.75, 3.05) is 20.2 Å². The van der Waals surface area contributed by atoms with E-state index >= 15 is 0 Å². The highest BCUT2D eigenvalue weighted by atomic mass is 16.5. The molecule has 0 spiro atoms. The lowest BCUT2D eigenvalue weighted by Gasteiger charge is -2.16. The predicted octanol–water partition coefficient (Wildman–Crippen LogP) is 3.32. The molecule has 0 unspecified atom stereocenters. The highest BCUT2D eigenvalue weighted by molar-refractivity contribution is 5.97. The van der Waals surface area contributed by atoms with Crippen LogP contribution < -0.4 is 0 Å². The van der Waals surface area contributed by atoms with Gasteiger partial charge in [0.2, 0.25) is 0 Å². The van der Waals surface area contributed by atoms with E-state index in [1.807, 2.05) is 43.4 Å². The van der Waals surface area contributed by atoms with Crippen molar-refractivity contribution in [1.82, 2.24) is 4.90 Å². The van der Waals surface area contributed by atoms with Crippen LogP contribution in [0.5, 0.6) is 0 Å². The molecular formula is C20H23NO3. The summed E-state index contributed by atoms with van der Waals surface area (Å²) in [4.78, 5) is 25.7. The first-order chi connectivity index (χ1) is 11.6. The van der Waals surface area contributed by atoms with Gasteiger partial charge in [-0.25, -0.2) is 0 Å². The number of esters is 1. The molecule has 0 radical (unpaired) electrons. The number of rotatable bonds is 9. The number of ether oxygens (including phenoxy) is 1. The predicted molar refractivity (Wildman–Crippen MR) is 93.7 cm³/mol. The first-order valence-electron chi connectivity index (χ1n) is 8.11. The van der Waals surface area contributed by atoms with Crippen LogP contribution in [0.1, 0.15) is 28.8 Å². The van der Waals surface area contributed by atoms with Crippen LogP contribution in [-0.4, -0.2) is 36.9 Å². The molecule has 0 saturated carbocycles. The van der Waals surface area contributed by atoms with Gasteiger partial charge in [-0.1, -0.05) is 60.7 Å². The van der Waals surface area contributed by atoms with Crippen molar-refractivity contribution in [3.63, 3.8) is 0 Å². The number of carbonyl (C=O) groups is 2. The molecule has 0 aliphatic rings. The molecule has 0 fully saturated rings. The molecule has 4 heteroatoms. The molecule has 0 N–H and O–H groups in total. The zero-order chi connectivity index (χ0) is 17.2. The topological polar surface area (TPSA) is 46.6 Å². The van der Waals surface area contributed by atoms with Crippen molar-refractivity contribution in [1.29, 1.82) is 0 Å². The number of hydrogen-bond donors (Lipinski definition) is 0. The van der Waals surface area contributed by atoms with Crippen LogP contribution in [0.15, 0.2) is 60.7 Å². The monoisotopic (exact) mass is 325 g/mol. The zero-order valence-corrected chi connectivity index (χ0v) is 14.0. The Kier molecular flexibility index (Phi) is 7.18. The average Bonchev–Trinajstić information content (AvgIpc) is 2.61. The molecule has 2 aromatic carbocycles. The number of Topliss-reactive ketones (excluding diaryl/α,β-unsaturated/α-hetero) is 1. The van der Waals surface area contributed by atoms with E-state index in [0.717, 1.165) is 6.54 Å². The molecule has 0 aromatic heterocycles. The third-order valence-corrected chi connectivity index (χ3v) is 3.68. The van der Waals surface area contributed by atoms with Gasteiger partial charge in [-0.3, -0.25) is 14.5 Å². The van der Waals surface area contributed by atoms with Crippen LogP contribution in [-0.2, 0) is 16.1 Å². The molecule has 0 atom stereocenters. The molecular weight excluding hydrogens is 302 g/mol. The minimum absolute atomic E-state index is 0.0336. The number of carbonyl (C=O) groups excluding carboxylic acids is 2. The van der Waals surface area contributed by atoms with Crippen molar-refractivity contribution >= 4 is 11.8 Å². The van der Waals surface area contributed by atoms with Crippen LogP contribution in [0.2, 0.25) is 0 Å². The van der Waals surface area contributed by atoms with Crippen LogP contribution in [0.25, 0.3) is 0 Å². The van der Waals surface area contributed by atoms with Crippen molar-refractivity contribution in [2.24, 2.45) is 0 Å². The van der Waals surface area contributed by atoms with Crippen molar-refractivity contribution in [3.8, 4) is 0 Å². The molecule has 0 amide bonds. The zero-order valence-electron chi connectivity index (χ0n) is 14.0. The first kappa shape index (κ1) is 17.9. The highest BCUT2D eigenvalue weighted by Crippen LogP contribution is 2.06. The number of likely N-dealkylation sites (N-methyl/N-ethyl adjacent to an activating group) is 1. The summed E-state index contributed by atoms with van der Waals surface area (Å²) in [6, 6.07) is 19.1. The lowest BCUT2D eigenvalue weighted by atomic mass is 10.1. The Bertz CT molecular complexity index is 640. The molecule has 0 aliphatic heterocycles. The minimum Gasteiger partial charge on any atom is -0.464 e. The van der Waals surface area contributed by atoms with Gasteiger partial charge >= 0.3 is 5.97 Å². The maximum Gasteiger partial charge on any atom is 0.306 e. The second-order valence-electron chi connectivity index (χ2n) is 5.73. The molecule has 0 heterocycles. The van der Waals surface area contributed by atoms with Gasteiger partial charge in [-0.05, 0) is 12.6 Å². The van der Waals surface area contributed by atoms with Crippen LogP contribution >= 0.6 is 0 Å². The number of hydrogen-bond acceptors (Lipinski definition) is 4. The van der Waals surface area contributed by atoms with Gasteiger partial charge < -0.3 is 4.74 Å². The van der Waals surface area contributed by atoms with Gasteiger partial charge in [-0.2, -0.15) is 0 Å². The minimum atomic E-state index is -0.326. The summed E-state index contributed by atoms with van der Waals surface area (Å²) in [5.74, 6) is -0.360. The smallest absolute Gasteiger partial charge is 0.306 e. The third kappa shape index (κ3) is 6.34. The highest BCUT2D eigenvalue weighted by Gasteiger charge is 2.10. The summed E-state index contributed by atoms with van der Waals surface area (Å²) in [7, 11) is 1.99. The second kappa shape index (κ2) is 9.63. The lowest BCUT2D eigenvalue weighted by molar-refractivity contribution is -0.143. The standard InChI is InChI=1S/C20H23NO3/c1-21(16-17-8-4-2-5-9-17)14-15-24-20(23)13-12-19(22)18-10-6-3-7-11-18/h2-11H,12-16H2,1H3. The van der Waals surface area contributed by atoms with Gasteiger partial charge in [0.1, 0.15) is 6.61 Å². The normalized spacial score (nSPS) is 10.6. The largest absolute Gasteiger partial charge is 0.464 e. The van der Waals surface area contributed by atoms with E-state index < -0.39 is 0 Å². The number of benzene rings is 2. The fraction of sp³-hybridized carbons (Fsp3) is 0.300. The van der Waals surface area contributed by atoms with Crippen molar-refractivity contribution in [3.05, 3.63) is 71.8 Å². The van der Waals surface area contributed by atoms with E-state index in [-0.39, 0.29) is 24.6 Å². The van der Waals surface area contributed by atoms with Crippen molar-refractivity contribution in [2.45, 2.75) is 19.4 Å². The van der Waals surface area contributed by atoms with E-state index in [1.54, 1.807) is 12.1 Å². The van der Waals surface area contributed by atoms with E-state index in [1.165, 1.54) is 5.56 Å². The van der Waals surface area contributed by atoms with Crippen LogP contribution in [0.4, 0.5) is 0 Å². The molecule has 2 aromatic rings. The summed E-state index contributed by atoms with van der Waals surface area (Å²) in [6.45, 7) is 1.81. The second-order valence-corrected chi connectivity index (χ2v) is 5.73. The van der Waals surface area contributed by atoms with Crippen molar-refractivity contribution < 1.29 is 14.3 Å². The molecule has 126 valence electrons. The summed E-state index contributed by atoms with van der Waals surface area (Å²) in [6.07, 6.45) is 0.304. The Morgan fingerprint density at radius 3 is 2.21 bits per heavy atom. The van der Waals surface area contributed by atoms with E-state index in [2.05, 4.69) is 17.0 Å². The Balaban J connectivity index is 1.62. The van der Waals surface area contributed by atoms with Gasteiger partial charge in [0.15, 0.2) is 5.78 Å². The molecule has 24 heavy (non-hydrogen) atoms. The van der Waals surface area contributed by atoms with E-state index in [9.17, 15) is 9.59 Å². The van der Waals surface area contributed by atoms with E-state index in [0.29, 0.717) is 18.7 Å². The quantitative estimate of drug-likeness (QED) is 0.524. The van der Waals surface area contributed by atoms with Gasteiger partial charge in [-0.15, -0.1) is 0 Å². The summed E-state index contributed by atoms with van der Waals surface area (Å²) in [5, 5.41) is 0. The fourth-order valence-electron chi connectivity index (χ4n) is 2.35. The summed E-state index contributed by atoms with van der Waals surface area (Å²) >= 11 is 0. The maximum absolute atomic E-state index is 11.9. The van der Waals surface area contributed by atoms with Gasteiger partial charge in [0.05, 0.1) is 6.42 Å². The van der Waals surface area contributed by atoms with Gasteiger partial charge in [0, 0.05) is 25.1 Å². The molecule has 2 rings (SSSR count). The Hall–Kier alpha value is -2.46. The summed E-state index contributed by atoms with van der Waals surface area (Å²) in [5.41, 5.74) is 1.85. The molecule has 4 nitrogen and oxygen atoms in total. The number of nitrogens with zero attached hydrogens (tertiary/aromatic N) is 1. The van der Waals surface area contributed by atoms with Crippen LogP contribution in [0.3, 0.4) is 0 Å². The maximum atomic E-state index is 11.9. The Morgan fingerprint density at radius 1 is 0.917 bits per heavy atom. The first-order valence-corrected chi connectivity index (χ1v) is 8.11. The molecule has 0 aliphatic carbocycles. The molecule has 0 saturated heterocycles. The fourth-order valence-corrected chi connectivity index (χ4v) is 2.35. The average molecular weight is 325 g/mol. The Labute approximate surface area is 143 Å². The van der Waals surface area contributed by atoms with E-state index in [4.69, 9.17) is 4.74 Å². The van der Waals surface area contributed by atoms with Gasteiger partial charge in [0.25, 0.3) is 0 Å². The van der Waals surface area contributed by atoms with Crippen LogP contribution in [0, 0.1) is 0 Å². The summed E-state index contributed by atoms with van der Waals surface area (Å²) < 4.78 is 5.20.